The fraction of sp³-hybridized carbons (Fsp3) is 0.273. The summed E-state index contributed by atoms with van der Waals surface area (Å²) in [5, 5.41) is 3.17. The average molecular weight is 320 g/mol. The summed E-state index contributed by atoms with van der Waals surface area (Å²) in [4.78, 5) is 22.2. The molecule has 3 N–H and O–H groups in total. The molecule has 0 spiro atoms. The highest BCUT2D eigenvalue weighted by molar-refractivity contribution is 9.10. The third-order valence-corrected chi connectivity index (χ3v) is 2.69. The van der Waals surface area contributed by atoms with Gasteiger partial charge in [0, 0.05) is 28.0 Å². The van der Waals surface area contributed by atoms with Crippen LogP contribution in [0.1, 0.15) is 23.2 Å². The molecule has 0 atom stereocenters. The van der Waals surface area contributed by atoms with Gasteiger partial charge in [-0.3, -0.25) is 9.59 Å². The van der Waals surface area contributed by atoms with Crippen LogP contribution in [0.2, 0.25) is 5.02 Å². The summed E-state index contributed by atoms with van der Waals surface area (Å²) in [5.74, 6) is -0.595. The van der Waals surface area contributed by atoms with Gasteiger partial charge in [0.05, 0.1) is 0 Å². The molecule has 0 aliphatic carbocycles. The van der Waals surface area contributed by atoms with Gasteiger partial charge >= 0.3 is 0 Å². The third-order valence-electron chi connectivity index (χ3n) is 2.01. The summed E-state index contributed by atoms with van der Waals surface area (Å²) >= 11 is 9.08. The molecule has 0 radical (unpaired) electrons. The quantitative estimate of drug-likeness (QED) is 0.816. The Labute approximate surface area is 113 Å². The Morgan fingerprint density at radius 1 is 1.35 bits per heavy atom. The summed E-state index contributed by atoms with van der Waals surface area (Å²) in [6.45, 7) is 0.409. The minimum atomic E-state index is -0.371. The van der Waals surface area contributed by atoms with Gasteiger partial charge < -0.3 is 11.1 Å². The maximum Gasteiger partial charge on any atom is 0.251 e. The van der Waals surface area contributed by atoms with Gasteiger partial charge in [-0.05, 0) is 24.6 Å². The van der Waals surface area contributed by atoms with Crippen molar-refractivity contribution >= 4 is 39.3 Å². The lowest BCUT2D eigenvalue weighted by Gasteiger charge is -2.05. The summed E-state index contributed by atoms with van der Waals surface area (Å²) in [7, 11) is 0. The van der Waals surface area contributed by atoms with Crippen molar-refractivity contribution in [2.24, 2.45) is 5.73 Å². The minimum absolute atomic E-state index is 0.224. The molecule has 0 bridgehead atoms. The highest BCUT2D eigenvalue weighted by Gasteiger charge is 2.07. The van der Waals surface area contributed by atoms with Crippen LogP contribution in [0.5, 0.6) is 0 Å². The molecule has 1 rings (SSSR count). The lowest BCUT2D eigenvalue weighted by molar-refractivity contribution is -0.118. The van der Waals surface area contributed by atoms with Crippen molar-refractivity contribution in [2.75, 3.05) is 6.54 Å². The first-order chi connectivity index (χ1) is 7.99. The van der Waals surface area contributed by atoms with Crippen molar-refractivity contribution in [3.05, 3.63) is 33.3 Å². The Kier molecular flexibility index (Phi) is 5.44. The molecule has 1 aromatic rings. The molecule has 2 amide bonds. The fourth-order valence-corrected chi connectivity index (χ4v) is 2.11. The zero-order valence-electron chi connectivity index (χ0n) is 9.00. The monoisotopic (exact) mass is 318 g/mol. The number of nitrogens with one attached hydrogen (secondary N) is 1. The van der Waals surface area contributed by atoms with Gasteiger partial charge in [0.1, 0.15) is 0 Å². The number of amides is 2. The van der Waals surface area contributed by atoms with Gasteiger partial charge in [0.2, 0.25) is 5.91 Å². The van der Waals surface area contributed by atoms with Gasteiger partial charge in [-0.1, -0.05) is 27.5 Å². The molecule has 1 aromatic carbocycles. The van der Waals surface area contributed by atoms with E-state index in [-0.39, 0.29) is 18.2 Å². The summed E-state index contributed by atoms with van der Waals surface area (Å²) in [6.07, 6.45) is 0.794. The topological polar surface area (TPSA) is 72.2 Å². The molecule has 0 aliphatic rings. The molecule has 0 saturated carbocycles. The van der Waals surface area contributed by atoms with Gasteiger partial charge in [0.25, 0.3) is 5.91 Å². The predicted molar refractivity (Wildman–Crippen MR) is 69.9 cm³/mol. The molecule has 0 heterocycles. The maximum atomic E-state index is 11.7. The smallest absolute Gasteiger partial charge is 0.251 e. The molecule has 17 heavy (non-hydrogen) atoms. The first-order valence-corrected chi connectivity index (χ1v) is 6.19. The Hall–Kier alpha value is -1.07. The van der Waals surface area contributed by atoms with Gasteiger partial charge in [-0.25, -0.2) is 0 Å². The Bertz CT molecular complexity index is 417. The predicted octanol–water partition coefficient (Wildman–Crippen LogP) is 2.10. The van der Waals surface area contributed by atoms with Crippen LogP contribution in [0.25, 0.3) is 0 Å². The molecule has 92 valence electrons. The standard InChI is InChI=1S/C11H12BrClN2O2/c12-8-4-7(5-9(13)6-8)11(17)15-3-1-2-10(14)16/h4-6H,1-3H2,(H2,14,16)(H,15,17). The zero-order chi connectivity index (χ0) is 12.8. The van der Waals surface area contributed by atoms with E-state index in [1.807, 2.05) is 0 Å². The van der Waals surface area contributed by atoms with E-state index in [9.17, 15) is 9.59 Å². The molecule has 4 nitrogen and oxygen atoms in total. The zero-order valence-corrected chi connectivity index (χ0v) is 11.3. The maximum absolute atomic E-state index is 11.7. The summed E-state index contributed by atoms with van der Waals surface area (Å²) in [6, 6.07) is 4.95. The van der Waals surface area contributed by atoms with E-state index in [2.05, 4.69) is 21.2 Å². The molecule has 0 saturated heterocycles. The normalized spacial score (nSPS) is 10.0. The van der Waals surface area contributed by atoms with E-state index in [1.54, 1.807) is 18.2 Å². The van der Waals surface area contributed by atoms with Gasteiger partial charge in [-0.2, -0.15) is 0 Å². The number of primary amides is 1. The Balaban J connectivity index is 2.49. The number of carbonyl (C=O) groups is 2. The first kappa shape index (κ1) is 14.0. The van der Waals surface area contributed by atoms with E-state index < -0.39 is 0 Å². The second-order valence-electron chi connectivity index (χ2n) is 3.48. The molecule has 6 heteroatoms. The number of benzene rings is 1. The second kappa shape index (κ2) is 6.61. The molecular weight excluding hydrogens is 307 g/mol. The van der Waals surface area contributed by atoms with Crippen molar-refractivity contribution in [3.63, 3.8) is 0 Å². The summed E-state index contributed by atoms with van der Waals surface area (Å²) < 4.78 is 0.743. The SMILES string of the molecule is NC(=O)CCCNC(=O)c1cc(Cl)cc(Br)c1. The van der Waals surface area contributed by atoms with E-state index >= 15 is 0 Å². The number of hydrogen-bond donors (Lipinski definition) is 2. The van der Waals surface area contributed by atoms with Crippen LogP contribution in [-0.2, 0) is 4.79 Å². The number of rotatable bonds is 5. The van der Waals surface area contributed by atoms with Crippen LogP contribution in [0.4, 0.5) is 0 Å². The van der Waals surface area contributed by atoms with Crippen molar-refractivity contribution in [3.8, 4) is 0 Å². The third kappa shape index (κ3) is 5.19. The van der Waals surface area contributed by atoms with Crippen LogP contribution in [0.15, 0.2) is 22.7 Å². The molecule has 0 aromatic heterocycles. The second-order valence-corrected chi connectivity index (χ2v) is 4.84. The fourth-order valence-electron chi connectivity index (χ4n) is 1.25. The number of carbonyl (C=O) groups excluding carboxylic acids is 2. The van der Waals surface area contributed by atoms with Crippen molar-refractivity contribution in [1.29, 1.82) is 0 Å². The highest BCUT2D eigenvalue weighted by atomic mass is 79.9. The Morgan fingerprint density at radius 3 is 2.65 bits per heavy atom. The van der Waals surface area contributed by atoms with Crippen LogP contribution in [0.3, 0.4) is 0 Å². The number of hydrogen-bond acceptors (Lipinski definition) is 2. The van der Waals surface area contributed by atoms with E-state index in [4.69, 9.17) is 17.3 Å². The van der Waals surface area contributed by atoms with Gasteiger partial charge in [0.15, 0.2) is 0 Å². The largest absolute Gasteiger partial charge is 0.370 e. The Morgan fingerprint density at radius 2 is 2.06 bits per heavy atom. The molecular formula is C11H12BrClN2O2. The molecule has 0 fully saturated rings. The van der Waals surface area contributed by atoms with Crippen molar-refractivity contribution in [2.45, 2.75) is 12.8 Å². The van der Waals surface area contributed by atoms with Crippen LogP contribution in [0, 0.1) is 0 Å². The number of halogens is 2. The molecule has 0 unspecified atom stereocenters. The molecule has 0 aliphatic heterocycles. The summed E-state index contributed by atoms with van der Waals surface area (Å²) in [5.41, 5.74) is 5.46. The average Bonchev–Trinajstić information content (AvgIpc) is 2.22. The van der Waals surface area contributed by atoms with E-state index in [0.717, 1.165) is 4.47 Å². The van der Waals surface area contributed by atoms with Crippen LogP contribution in [-0.4, -0.2) is 18.4 Å². The lowest BCUT2D eigenvalue weighted by Crippen LogP contribution is -2.25. The van der Waals surface area contributed by atoms with Crippen LogP contribution >= 0.6 is 27.5 Å². The minimum Gasteiger partial charge on any atom is -0.370 e. The van der Waals surface area contributed by atoms with Crippen LogP contribution < -0.4 is 11.1 Å². The van der Waals surface area contributed by atoms with Gasteiger partial charge in [-0.15, -0.1) is 0 Å². The van der Waals surface area contributed by atoms with Crippen molar-refractivity contribution < 1.29 is 9.59 Å². The lowest BCUT2D eigenvalue weighted by atomic mass is 10.2. The number of nitrogens with two attached hydrogens (primary N) is 1. The van der Waals surface area contributed by atoms with Crippen molar-refractivity contribution in [1.82, 2.24) is 5.32 Å². The van der Waals surface area contributed by atoms with E-state index in [1.165, 1.54) is 0 Å². The first-order valence-electron chi connectivity index (χ1n) is 5.01. The van der Waals surface area contributed by atoms with E-state index in [0.29, 0.717) is 23.6 Å². The highest BCUT2D eigenvalue weighted by Crippen LogP contribution is 2.19.